The van der Waals surface area contributed by atoms with Gasteiger partial charge in [-0.25, -0.2) is 19.7 Å². The molecule has 1 aromatic carbocycles. The molecule has 5 rings (SSSR count). The summed E-state index contributed by atoms with van der Waals surface area (Å²) in [5.41, 5.74) is 1.46. The van der Waals surface area contributed by atoms with Gasteiger partial charge in [0, 0.05) is 25.7 Å². The normalized spacial score (nSPS) is 24.2. The lowest BCUT2D eigenvalue weighted by molar-refractivity contribution is -0.168. The highest BCUT2D eigenvalue weighted by Gasteiger charge is 2.57. The van der Waals surface area contributed by atoms with Crippen molar-refractivity contribution in [1.82, 2.24) is 29.7 Å². The molecule has 3 aromatic rings. The van der Waals surface area contributed by atoms with Crippen molar-refractivity contribution < 1.29 is 33.7 Å². The molecule has 4 heterocycles. The molecule has 4 unspecified atom stereocenters. The maximum atomic E-state index is 13.3. The minimum Gasteiger partial charge on any atom is -0.481 e. The third-order valence-electron chi connectivity index (χ3n) is 6.31. The van der Waals surface area contributed by atoms with Crippen molar-refractivity contribution in [3.8, 4) is 0 Å². The number of fused-ring (bicyclic) bond motifs is 2. The molecule has 14 nitrogen and oxygen atoms in total. The molecule has 14 heteroatoms. The molecular weight excluding hydrogens is 498 g/mol. The molecule has 0 radical (unpaired) electrons. The SMILES string of the molecule is CCNC(=O)Nc1ncnc2c1ncn2C1OC(C(=O)N(C)CCC(=O)O)C2O[C@H](c3ccccc3)OC21. The van der Waals surface area contributed by atoms with Crippen LogP contribution in [0.25, 0.3) is 11.2 Å². The number of carboxylic acids is 1. The molecule has 38 heavy (non-hydrogen) atoms. The molecule has 3 amide bonds. The molecule has 0 spiro atoms. The fraction of sp³-hybridized carbons (Fsp3) is 0.417. The highest BCUT2D eigenvalue weighted by Crippen LogP contribution is 2.45. The Kier molecular flexibility index (Phi) is 7.18. The zero-order chi connectivity index (χ0) is 26.8. The summed E-state index contributed by atoms with van der Waals surface area (Å²) in [6.45, 7) is 2.24. The van der Waals surface area contributed by atoms with E-state index in [0.717, 1.165) is 5.56 Å². The molecule has 5 atom stereocenters. The Balaban J connectivity index is 1.46. The van der Waals surface area contributed by atoms with Crippen LogP contribution in [-0.4, -0.2) is 85.9 Å². The second-order valence-electron chi connectivity index (χ2n) is 8.83. The van der Waals surface area contributed by atoms with Crippen LogP contribution >= 0.6 is 0 Å². The Morgan fingerprint density at radius 1 is 1.08 bits per heavy atom. The van der Waals surface area contributed by atoms with Crippen LogP contribution in [0.15, 0.2) is 43.0 Å². The molecule has 3 N–H and O–H groups in total. The number of ether oxygens (including phenoxy) is 3. The van der Waals surface area contributed by atoms with Crippen molar-refractivity contribution in [3.05, 3.63) is 48.5 Å². The average molecular weight is 526 g/mol. The third-order valence-corrected chi connectivity index (χ3v) is 6.31. The van der Waals surface area contributed by atoms with Crippen LogP contribution in [0.5, 0.6) is 0 Å². The lowest BCUT2D eigenvalue weighted by Crippen LogP contribution is -2.43. The van der Waals surface area contributed by atoms with Crippen LogP contribution in [0, 0.1) is 0 Å². The number of aliphatic carboxylic acids is 1. The highest BCUT2D eigenvalue weighted by molar-refractivity contribution is 5.95. The lowest BCUT2D eigenvalue weighted by Gasteiger charge is -2.24. The first-order chi connectivity index (χ1) is 18.4. The van der Waals surface area contributed by atoms with Gasteiger partial charge in [0.1, 0.15) is 18.5 Å². The van der Waals surface area contributed by atoms with E-state index < -0.39 is 48.7 Å². The van der Waals surface area contributed by atoms with Gasteiger partial charge >= 0.3 is 12.0 Å². The van der Waals surface area contributed by atoms with Gasteiger partial charge in [0.15, 0.2) is 35.6 Å². The number of nitrogens with zero attached hydrogens (tertiary/aromatic N) is 5. The number of carbonyl (C=O) groups is 3. The summed E-state index contributed by atoms with van der Waals surface area (Å²) >= 11 is 0. The zero-order valence-corrected chi connectivity index (χ0v) is 20.7. The number of amides is 3. The van der Waals surface area contributed by atoms with E-state index in [0.29, 0.717) is 17.7 Å². The number of hydrogen-bond donors (Lipinski definition) is 3. The number of anilines is 1. The number of benzene rings is 1. The number of rotatable bonds is 8. The van der Waals surface area contributed by atoms with E-state index in [1.165, 1.54) is 24.6 Å². The summed E-state index contributed by atoms with van der Waals surface area (Å²) in [5.74, 6) is -1.24. The number of likely N-dealkylation sites (N-methyl/N-ethyl adjacent to an activating group) is 1. The number of hydrogen-bond acceptors (Lipinski definition) is 9. The Bertz CT molecular complexity index is 1330. The summed E-state index contributed by atoms with van der Waals surface area (Å²) in [4.78, 5) is 50.5. The number of carboxylic acid groups (broad SMARTS) is 1. The van der Waals surface area contributed by atoms with E-state index >= 15 is 0 Å². The Morgan fingerprint density at radius 3 is 2.58 bits per heavy atom. The molecule has 2 saturated heterocycles. The molecule has 2 aromatic heterocycles. The van der Waals surface area contributed by atoms with Crippen molar-refractivity contribution in [2.45, 2.75) is 44.2 Å². The van der Waals surface area contributed by atoms with Gasteiger partial charge in [-0.15, -0.1) is 0 Å². The van der Waals surface area contributed by atoms with Crippen LogP contribution in [0.4, 0.5) is 10.6 Å². The minimum atomic E-state index is -1.07. The molecule has 0 bridgehead atoms. The number of imidazole rings is 1. The molecule has 2 aliphatic rings. The second kappa shape index (κ2) is 10.7. The van der Waals surface area contributed by atoms with Crippen LogP contribution in [-0.2, 0) is 23.8 Å². The van der Waals surface area contributed by atoms with Gasteiger partial charge in [0.05, 0.1) is 12.7 Å². The Hall–Kier alpha value is -4.14. The molecule has 0 saturated carbocycles. The number of aromatic nitrogens is 4. The third kappa shape index (κ3) is 4.88. The van der Waals surface area contributed by atoms with E-state index in [2.05, 4.69) is 25.6 Å². The Labute approximate surface area is 216 Å². The van der Waals surface area contributed by atoms with E-state index in [1.54, 1.807) is 11.5 Å². The molecular formula is C24H27N7O7. The predicted molar refractivity (Wildman–Crippen MR) is 131 cm³/mol. The van der Waals surface area contributed by atoms with E-state index in [4.69, 9.17) is 19.3 Å². The summed E-state index contributed by atoms with van der Waals surface area (Å²) < 4.78 is 20.2. The monoisotopic (exact) mass is 525 g/mol. The fourth-order valence-corrected chi connectivity index (χ4v) is 4.47. The van der Waals surface area contributed by atoms with Crippen LogP contribution in [0.2, 0.25) is 0 Å². The zero-order valence-electron chi connectivity index (χ0n) is 20.7. The van der Waals surface area contributed by atoms with Crippen molar-refractivity contribution in [2.24, 2.45) is 0 Å². The van der Waals surface area contributed by atoms with E-state index in [9.17, 15) is 14.4 Å². The van der Waals surface area contributed by atoms with Crippen LogP contribution < -0.4 is 10.6 Å². The van der Waals surface area contributed by atoms with Crippen molar-refractivity contribution in [1.29, 1.82) is 0 Å². The fourth-order valence-electron chi connectivity index (χ4n) is 4.47. The molecule has 2 aliphatic heterocycles. The molecule has 200 valence electrons. The van der Waals surface area contributed by atoms with Gasteiger partial charge in [-0.05, 0) is 6.92 Å². The summed E-state index contributed by atoms with van der Waals surface area (Å²) in [6, 6.07) is 8.87. The van der Waals surface area contributed by atoms with Crippen LogP contribution in [0.1, 0.15) is 31.4 Å². The molecule has 0 aliphatic carbocycles. The maximum absolute atomic E-state index is 13.3. The summed E-state index contributed by atoms with van der Waals surface area (Å²) in [7, 11) is 1.51. The van der Waals surface area contributed by atoms with Crippen molar-refractivity contribution in [2.75, 3.05) is 25.5 Å². The topological polar surface area (TPSA) is 170 Å². The van der Waals surface area contributed by atoms with Gasteiger partial charge in [-0.1, -0.05) is 30.3 Å². The largest absolute Gasteiger partial charge is 0.481 e. The summed E-state index contributed by atoms with van der Waals surface area (Å²) in [6.07, 6.45) is -1.60. The van der Waals surface area contributed by atoms with Gasteiger partial charge < -0.3 is 29.5 Å². The first kappa shape index (κ1) is 25.5. The Morgan fingerprint density at radius 2 is 1.84 bits per heavy atom. The second-order valence-corrected chi connectivity index (χ2v) is 8.83. The standard InChI is InChI=1S/C24H27N7O7/c1-3-25-24(35)29-19-15-20(27-11-26-19)31(12-28-15)22-18-16(37-23(38-18)13-7-5-4-6-8-13)17(36-22)21(34)30(2)10-9-14(32)33/h4-8,11-12,16-18,22-23H,3,9-10H2,1-2H3,(H,32,33)(H2,25,26,27,29,35)/t16?,17?,18?,22?,23-/m0/s1. The first-order valence-corrected chi connectivity index (χ1v) is 12.1. The minimum absolute atomic E-state index is 0.00906. The van der Waals surface area contributed by atoms with Gasteiger partial charge in [0.2, 0.25) is 0 Å². The van der Waals surface area contributed by atoms with Crippen molar-refractivity contribution in [3.63, 3.8) is 0 Å². The quantitative estimate of drug-likeness (QED) is 0.389. The van der Waals surface area contributed by atoms with E-state index in [1.807, 2.05) is 30.3 Å². The maximum Gasteiger partial charge on any atom is 0.320 e. The smallest absolute Gasteiger partial charge is 0.320 e. The van der Waals surface area contributed by atoms with Gasteiger partial charge in [-0.2, -0.15) is 0 Å². The van der Waals surface area contributed by atoms with Gasteiger partial charge in [0.25, 0.3) is 5.91 Å². The molecule has 2 fully saturated rings. The number of carbonyl (C=O) groups excluding carboxylic acids is 2. The summed E-state index contributed by atoms with van der Waals surface area (Å²) in [5, 5.41) is 14.3. The van der Waals surface area contributed by atoms with Crippen LogP contribution in [0.3, 0.4) is 0 Å². The highest BCUT2D eigenvalue weighted by atomic mass is 16.8. The average Bonchev–Trinajstić information content (AvgIpc) is 3.61. The first-order valence-electron chi connectivity index (χ1n) is 12.1. The van der Waals surface area contributed by atoms with Gasteiger partial charge in [-0.3, -0.25) is 19.5 Å². The predicted octanol–water partition coefficient (Wildman–Crippen LogP) is 1.28. The van der Waals surface area contributed by atoms with Crippen molar-refractivity contribution >= 4 is 34.9 Å². The lowest BCUT2D eigenvalue weighted by atomic mass is 10.1. The number of nitrogens with one attached hydrogen (secondary N) is 2. The number of urea groups is 1. The van der Waals surface area contributed by atoms with E-state index in [-0.39, 0.29) is 18.8 Å².